The Morgan fingerprint density at radius 2 is 2.18 bits per heavy atom. The Hall–Kier alpha value is -1.55. The molecule has 0 spiro atoms. The number of carbonyl (C=O) groups is 1. The topological polar surface area (TPSA) is 72.3 Å². The number of hydrogen-bond donors (Lipinski definition) is 2. The fourth-order valence-corrected chi connectivity index (χ4v) is 1.77. The maximum Gasteiger partial charge on any atom is 0.239 e. The van der Waals surface area contributed by atoms with Crippen molar-refractivity contribution < 1.29 is 4.79 Å². The zero-order valence-electron chi connectivity index (χ0n) is 10.5. The summed E-state index contributed by atoms with van der Waals surface area (Å²) in [7, 11) is 0. The molecule has 0 aliphatic heterocycles. The van der Waals surface area contributed by atoms with E-state index in [1.54, 1.807) is 0 Å². The zero-order valence-corrected chi connectivity index (χ0v) is 10.5. The first-order valence-electron chi connectivity index (χ1n) is 5.89. The van der Waals surface area contributed by atoms with Crippen LogP contribution in [0.15, 0.2) is 24.3 Å². The van der Waals surface area contributed by atoms with Crippen LogP contribution in [0.1, 0.15) is 18.9 Å². The smallest absolute Gasteiger partial charge is 0.239 e. The van der Waals surface area contributed by atoms with E-state index >= 15 is 0 Å². The van der Waals surface area contributed by atoms with Gasteiger partial charge in [-0.05, 0) is 44.5 Å². The number of anilines is 1. The summed E-state index contributed by atoms with van der Waals surface area (Å²) >= 11 is 0. The number of benzene rings is 1. The second-order valence-electron chi connectivity index (χ2n) is 4.25. The fraction of sp³-hybridized carbons (Fsp3) is 0.462. The van der Waals surface area contributed by atoms with Gasteiger partial charge >= 0.3 is 0 Å². The van der Waals surface area contributed by atoms with Crippen LogP contribution in [0, 0.1) is 6.92 Å². The van der Waals surface area contributed by atoms with E-state index in [9.17, 15) is 4.79 Å². The van der Waals surface area contributed by atoms with Gasteiger partial charge in [0, 0.05) is 12.2 Å². The van der Waals surface area contributed by atoms with E-state index in [4.69, 9.17) is 11.5 Å². The number of carbonyl (C=O) groups excluding carboxylic acids is 1. The Morgan fingerprint density at radius 1 is 1.47 bits per heavy atom. The Morgan fingerprint density at radius 3 is 2.71 bits per heavy atom. The predicted octanol–water partition coefficient (Wildman–Crippen LogP) is 1.02. The molecule has 1 unspecified atom stereocenters. The molecule has 0 saturated heterocycles. The first-order chi connectivity index (χ1) is 8.06. The van der Waals surface area contributed by atoms with Crippen LogP contribution in [0.2, 0.25) is 0 Å². The normalized spacial score (nSPS) is 12.2. The quantitative estimate of drug-likeness (QED) is 0.773. The lowest BCUT2D eigenvalue weighted by molar-refractivity contribution is -0.118. The third kappa shape index (κ3) is 3.75. The highest BCUT2D eigenvalue weighted by Crippen LogP contribution is 2.18. The molecule has 0 heterocycles. The largest absolute Gasteiger partial charge is 0.368 e. The molecule has 4 nitrogen and oxygen atoms in total. The summed E-state index contributed by atoms with van der Waals surface area (Å²) in [6, 6.07) is 7.73. The third-order valence-corrected chi connectivity index (χ3v) is 2.82. The van der Waals surface area contributed by atoms with Crippen molar-refractivity contribution in [2.45, 2.75) is 26.3 Å². The van der Waals surface area contributed by atoms with Crippen molar-refractivity contribution in [3.05, 3.63) is 29.8 Å². The predicted molar refractivity (Wildman–Crippen MR) is 70.9 cm³/mol. The minimum Gasteiger partial charge on any atom is -0.368 e. The lowest BCUT2D eigenvalue weighted by Gasteiger charge is -2.29. The summed E-state index contributed by atoms with van der Waals surface area (Å²) in [4.78, 5) is 13.3. The highest BCUT2D eigenvalue weighted by molar-refractivity contribution is 5.83. The van der Waals surface area contributed by atoms with Gasteiger partial charge in [-0.1, -0.05) is 12.1 Å². The zero-order chi connectivity index (χ0) is 12.8. The Labute approximate surface area is 103 Å². The molecule has 1 amide bonds. The first kappa shape index (κ1) is 13.5. The molecule has 0 aliphatic rings. The van der Waals surface area contributed by atoms with Gasteiger partial charge < -0.3 is 16.4 Å². The van der Waals surface area contributed by atoms with Crippen LogP contribution >= 0.6 is 0 Å². The molecule has 1 aromatic carbocycles. The van der Waals surface area contributed by atoms with Crippen LogP contribution in [0.25, 0.3) is 0 Å². The molecule has 0 radical (unpaired) electrons. The Kier molecular flexibility index (Phi) is 4.97. The van der Waals surface area contributed by atoms with Crippen LogP contribution in [0.5, 0.6) is 0 Å². The van der Waals surface area contributed by atoms with Gasteiger partial charge in [-0.15, -0.1) is 0 Å². The number of hydrogen-bond acceptors (Lipinski definition) is 3. The average Bonchev–Trinajstić information content (AvgIpc) is 2.29. The Balaban J connectivity index is 2.92. The summed E-state index contributed by atoms with van der Waals surface area (Å²) in [5, 5.41) is 0. The number of rotatable bonds is 6. The van der Waals surface area contributed by atoms with E-state index in [1.807, 2.05) is 36.9 Å². The molecule has 0 aliphatic carbocycles. The maximum atomic E-state index is 11.3. The van der Waals surface area contributed by atoms with E-state index < -0.39 is 0 Å². The summed E-state index contributed by atoms with van der Waals surface area (Å²) < 4.78 is 0. The second-order valence-corrected chi connectivity index (χ2v) is 4.25. The average molecular weight is 235 g/mol. The molecule has 0 aromatic heterocycles. The van der Waals surface area contributed by atoms with E-state index in [-0.39, 0.29) is 11.9 Å². The number of nitrogens with two attached hydrogens (primary N) is 2. The number of aryl methyl sites for hydroxylation is 1. The van der Waals surface area contributed by atoms with Crippen molar-refractivity contribution >= 4 is 11.6 Å². The lowest BCUT2D eigenvalue weighted by Crippen LogP contribution is -2.43. The molecule has 0 fully saturated rings. The SMILES string of the molecule is Cc1cccc(N(CCCN)C(C)C(N)=O)c1. The van der Waals surface area contributed by atoms with Gasteiger partial charge in [-0.3, -0.25) is 4.79 Å². The monoisotopic (exact) mass is 235 g/mol. The third-order valence-electron chi connectivity index (χ3n) is 2.82. The van der Waals surface area contributed by atoms with Gasteiger partial charge in [-0.25, -0.2) is 0 Å². The summed E-state index contributed by atoms with van der Waals surface area (Å²) in [5.74, 6) is -0.316. The van der Waals surface area contributed by atoms with Gasteiger partial charge in [0.05, 0.1) is 0 Å². The van der Waals surface area contributed by atoms with Crippen LogP contribution < -0.4 is 16.4 Å². The highest BCUT2D eigenvalue weighted by atomic mass is 16.1. The van der Waals surface area contributed by atoms with E-state index in [2.05, 4.69) is 6.07 Å². The minimum atomic E-state index is -0.316. The number of primary amides is 1. The highest BCUT2D eigenvalue weighted by Gasteiger charge is 2.18. The molecule has 4 N–H and O–H groups in total. The molecule has 17 heavy (non-hydrogen) atoms. The first-order valence-corrected chi connectivity index (χ1v) is 5.89. The van der Waals surface area contributed by atoms with Gasteiger partial charge in [-0.2, -0.15) is 0 Å². The number of amides is 1. The van der Waals surface area contributed by atoms with Crippen LogP contribution in [0.3, 0.4) is 0 Å². The van der Waals surface area contributed by atoms with Crippen molar-refractivity contribution in [2.75, 3.05) is 18.0 Å². The molecule has 1 atom stereocenters. The molecule has 1 rings (SSSR count). The van der Waals surface area contributed by atoms with E-state index in [0.29, 0.717) is 6.54 Å². The van der Waals surface area contributed by atoms with Crippen LogP contribution in [-0.2, 0) is 4.79 Å². The summed E-state index contributed by atoms with van der Waals surface area (Å²) in [6.07, 6.45) is 0.839. The van der Waals surface area contributed by atoms with Crippen molar-refractivity contribution in [3.8, 4) is 0 Å². The molecule has 1 aromatic rings. The standard InChI is InChI=1S/C13H21N3O/c1-10-5-3-6-12(9-10)16(8-4-7-14)11(2)13(15)17/h3,5-6,9,11H,4,7-8,14H2,1-2H3,(H2,15,17). The van der Waals surface area contributed by atoms with Crippen molar-refractivity contribution in [2.24, 2.45) is 11.5 Å². The fourth-order valence-electron chi connectivity index (χ4n) is 1.77. The summed E-state index contributed by atoms with van der Waals surface area (Å²) in [6.45, 7) is 5.19. The minimum absolute atomic E-state index is 0.316. The molecular formula is C13H21N3O. The van der Waals surface area contributed by atoms with E-state index in [0.717, 1.165) is 24.2 Å². The molecule has 0 saturated carbocycles. The van der Waals surface area contributed by atoms with E-state index in [1.165, 1.54) is 0 Å². The van der Waals surface area contributed by atoms with Crippen LogP contribution in [0.4, 0.5) is 5.69 Å². The molecule has 94 valence electrons. The van der Waals surface area contributed by atoms with Crippen LogP contribution in [-0.4, -0.2) is 25.0 Å². The Bertz CT molecular complexity index is 379. The lowest BCUT2D eigenvalue weighted by atomic mass is 10.1. The van der Waals surface area contributed by atoms with Crippen molar-refractivity contribution in [1.82, 2.24) is 0 Å². The molecule has 0 bridgehead atoms. The maximum absolute atomic E-state index is 11.3. The van der Waals surface area contributed by atoms with Crippen molar-refractivity contribution in [1.29, 1.82) is 0 Å². The van der Waals surface area contributed by atoms with Gasteiger partial charge in [0.1, 0.15) is 6.04 Å². The number of nitrogens with zero attached hydrogens (tertiary/aromatic N) is 1. The van der Waals surface area contributed by atoms with Gasteiger partial charge in [0.2, 0.25) is 5.91 Å². The van der Waals surface area contributed by atoms with Gasteiger partial charge in [0.25, 0.3) is 0 Å². The van der Waals surface area contributed by atoms with Crippen molar-refractivity contribution in [3.63, 3.8) is 0 Å². The van der Waals surface area contributed by atoms with Gasteiger partial charge in [0.15, 0.2) is 0 Å². The summed E-state index contributed by atoms with van der Waals surface area (Å²) in [5.41, 5.74) is 13.1. The second kappa shape index (κ2) is 6.25. The molecule has 4 heteroatoms. The molecular weight excluding hydrogens is 214 g/mol.